The molecule has 0 amide bonds. The first-order valence-corrected chi connectivity index (χ1v) is 9.24. The summed E-state index contributed by atoms with van der Waals surface area (Å²) in [4.78, 5) is 0. The van der Waals surface area contributed by atoms with Crippen LogP contribution < -0.4 is 0 Å². The van der Waals surface area contributed by atoms with Crippen LogP contribution in [0.2, 0.25) is 17.0 Å². The Morgan fingerprint density at radius 2 is 1.78 bits per heavy atom. The van der Waals surface area contributed by atoms with Crippen LogP contribution in [0.4, 0.5) is 0 Å². The van der Waals surface area contributed by atoms with Crippen molar-refractivity contribution in [3.63, 3.8) is 0 Å². The van der Waals surface area contributed by atoms with Crippen molar-refractivity contribution in [2.24, 2.45) is 5.41 Å². The zero-order valence-electron chi connectivity index (χ0n) is 6.70. The van der Waals surface area contributed by atoms with Gasteiger partial charge < -0.3 is 0 Å². The molecule has 0 radical (unpaired) electrons. The van der Waals surface area contributed by atoms with Crippen molar-refractivity contribution in [3.8, 4) is 0 Å². The minimum atomic E-state index is -0.202. The van der Waals surface area contributed by atoms with E-state index in [1.807, 2.05) is 0 Å². The molecule has 0 N–H and O–H groups in total. The molecule has 0 aromatic heterocycles. The van der Waals surface area contributed by atoms with Gasteiger partial charge in [0.05, 0.1) is 0 Å². The summed E-state index contributed by atoms with van der Waals surface area (Å²) in [6.45, 7) is 4.73. The first-order valence-electron chi connectivity index (χ1n) is 3.08. The standard InChI is InChI=1S/C7H16ISe/c1-7(2,5-8)6-9(3)4/h5-6H2,1-4H3/q+1. The molecule has 0 bridgehead atoms. The Kier molecular flexibility index (Phi) is 4.78. The average Bonchev–Trinajstić information content (AvgIpc) is 1.63. The maximum atomic E-state index is 2.48. The molecule has 0 aliphatic carbocycles. The Balaban J connectivity index is 3.58. The van der Waals surface area contributed by atoms with Gasteiger partial charge in [0.25, 0.3) is 0 Å². The molecule has 2 heteroatoms. The molecular formula is C7H16ISe+. The molecule has 0 aromatic rings. The Morgan fingerprint density at radius 3 is 1.89 bits per heavy atom. The molecular weight excluding hydrogens is 290 g/mol. The van der Waals surface area contributed by atoms with E-state index in [4.69, 9.17) is 0 Å². The van der Waals surface area contributed by atoms with Gasteiger partial charge in [-0.3, -0.25) is 0 Å². The van der Waals surface area contributed by atoms with Crippen molar-refractivity contribution in [1.29, 1.82) is 0 Å². The molecule has 0 fully saturated rings. The molecule has 9 heavy (non-hydrogen) atoms. The predicted octanol–water partition coefficient (Wildman–Crippen LogP) is 3.20. The summed E-state index contributed by atoms with van der Waals surface area (Å²) in [6, 6.07) is 0. The maximum absolute atomic E-state index is 2.48. The molecule has 0 spiro atoms. The first kappa shape index (κ1) is 10.2. The van der Waals surface area contributed by atoms with Gasteiger partial charge in [-0.15, -0.1) is 0 Å². The van der Waals surface area contributed by atoms with Crippen LogP contribution in [0.5, 0.6) is 0 Å². The summed E-state index contributed by atoms with van der Waals surface area (Å²) in [5, 5.41) is 1.47. The van der Waals surface area contributed by atoms with E-state index < -0.39 is 0 Å². The molecule has 0 nitrogen and oxygen atoms in total. The van der Waals surface area contributed by atoms with E-state index in [0.29, 0.717) is 5.41 Å². The molecule has 0 saturated heterocycles. The monoisotopic (exact) mass is 307 g/mol. The summed E-state index contributed by atoms with van der Waals surface area (Å²) in [7, 11) is 0. The Hall–Kier alpha value is 1.25. The Bertz CT molecular complexity index is 79.0. The van der Waals surface area contributed by atoms with Crippen molar-refractivity contribution in [2.75, 3.05) is 4.43 Å². The summed E-state index contributed by atoms with van der Waals surface area (Å²) >= 11 is 2.28. The molecule has 0 heterocycles. The number of alkyl halides is 1. The molecule has 0 rings (SSSR count). The number of rotatable bonds is 3. The third-order valence-electron chi connectivity index (χ3n) is 1.04. The van der Waals surface area contributed by atoms with E-state index in [1.54, 1.807) is 0 Å². The van der Waals surface area contributed by atoms with Crippen LogP contribution in [-0.2, 0) is 0 Å². The fraction of sp³-hybridized carbons (Fsp3) is 1.00. The Morgan fingerprint density at radius 1 is 1.33 bits per heavy atom. The van der Waals surface area contributed by atoms with Crippen LogP contribution in [0.1, 0.15) is 13.8 Å². The molecule has 56 valence electrons. The van der Waals surface area contributed by atoms with E-state index in [1.165, 1.54) is 9.75 Å². The topological polar surface area (TPSA) is 0 Å². The van der Waals surface area contributed by atoms with Crippen LogP contribution in [0.25, 0.3) is 0 Å². The molecule has 0 aliphatic heterocycles. The second kappa shape index (κ2) is 4.20. The van der Waals surface area contributed by atoms with Gasteiger partial charge in [0.1, 0.15) is 0 Å². The van der Waals surface area contributed by atoms with Crippen LogP contribution >= 0.6 is 22.6 Å². The molecule has 0 aliphatic rings. The summed E-state index contributed by atoms with van der Waals surface area (Å²) in [5.74, 6) is 4.82. The van der Waals surface area contributed by atoms with Gasteiger partial charge >= 0.3 is 77.1 Å². The summed E-state index contributed by atoms with van der Waals surface area (Å²) in [6.07, 6.45) is 0. The van der Waals surface area contributed by atoms with E-state index in [9.17, 15) is 0 Å². The van der Waals surface area contributed by atoms with Crippen LogP contribution in [0, 0.1) is 5.41 Å². The number of hydrogen-bond acceptors (Lipinski definition) is 0. The number of halogens is 1. The first-order chi connectivity index (χ1) is 3.98. The third-order valence-corrected chi connectivity index (χ3v) is 5.96. The van der Waals surface area contributed by atoms with Gasteiger partial charge in [-0.05, 0) is 0 Å². The van der Waals surface area contributed by atoms with Crippen LogP contribution in [-0.4, -0.2) is 18.3 Å². The van der Waals surface area contributed by atoms with E-state index in [-0.39, 0.29) is 13.9 Å². The second-order valence-electron chi connectivity index (χ2n) is 3.43. The van der Waals surface area contributed by atoms with Crippen LogP contribution in [0.15, 0.2) is 0 Å². The van der Waals surface area contributed by atoms with Crippen molar-refractivity contribution < 1.29 is 0 Å². The quantitative estimate of drug-likeness (QED) is 0.427. The van der Waals surface area contributed by atoms with E-state index >= 15 is 0 Å². The van der Waals surface area contributed by atoms with Crippen molar-refractivity contribution in [2.45, 2.75) is 30.8 Å². The fourth-order valence-corrected chi connectivity index (χ4v) is 5.41. The van der Waals surface area contributed by atoms with Gasteiger partial charge in [-0.25, -0.2) is 0 Å². The molecule has 0 atom stereocenters. The zero-order chi connectivity index (χ0) is 7.49. The predicted molar refractivity (Wildman–Crippen MR) is 55.0 cm³/mol. The molecule has 0 saturated carbocycles. The second-order valence-corrected chi connectivity index (χ2v) is 8.93. The number of hydrogen-bond donors (Lipinski definition) is 0. The van der Waals surface area contributed by atoms with Crippen molar-refractivity contribution >= 4 is 36.5 Å². The SMILES string of the molecule is C[Se+](C)CC(C)(C)CI. The summed E-state index contributed by atoms with van der Waals surface area (Å²) in [5.41, 5.74) is 0.606. The molecule has 0 unspecified atom stereocenters. The summed E-state index contributed by atoms with van der Waals surface area (Å²) < 4.78 is 1.30. The van der Waals surface area contributed by atoms with E-state index in [2.05, 4.69) is 48.1 Å². The van der Waals surface area contributed by atoms with Gasteiger partial charge in [0.15, 0.2) is 0 Å². The van der Waals surface area contributed by atoms with Gasteiger partial charge in [0.2, 0.25) is 0 Å². The fourth-order valence-electron chi connectivity index (χ4n) is 0.820. The van der Waals surface area contributed by atoms with Crippen molar-refractivity contribution in [3.05, 3.63) is 0 Å². The van der Waals surface area contributed by atoms with E-state index in [0.717, 1.165) is 0 Å². The van der Waals surface area contributed by atoms with Gasteiger partial charge in [-0.1, -0.05) is 0 Å². The molecule has 0 aromatic carbocycles. The minimum absolute atomic E-state index is 0.202. The van der Waals surface area contributed by atoms with Crippen LogP contribution in [0.3, 0.4) is 0 Å². The Labute approximate surface area is 76.8 Å². The van der Waals surface area contributed by atoms with Crippen molar-refractivity contribution in [1.82, 2.24) is 0 Å². The van der Waals surface area contributed by atoms with Gasteiger partial charge in [0, 0.05) is 0 Å². The normalized spacial score (nSPS) is 12.7. The zero-order valence-corrected chi connectivity index (χ0v) is 10.6. The van der Waals surface area contributed by atoms with Gasteiger partial charge in [-0.2, -0.15) is 0 Å². The third kappa shape index (κ3) is 5.68. The average molecular weight is 306 g/mol.